The number of carboxylic acid groups (broad SMARTS) is 1. The number of aliphatic carboxylic acids is 1. The third kappa shape index (κ3) is 5.49. The maximum absolute atomic E-state index is 12.2. The van der Waals surface area contributed by atoms with Gasteiger partial charge in [-0.1, -0.05) is 20.3 Å². The van der Waals surface area contributed by atoms with Gasteiger partial charge >= 0.3 is 5.97 Å². The zero-order chi connectivity index (χ0) is 15.1. The lowest BCUT2D eigenvalue weighted by Gasteiger charge is -2.21. The van der Waals surface area contributed by atoms with E-state index in [0.29, 0.717) is 19.0 Å². The third-order valence-electron chi connectivity index (χ3n) is 4.13. The van der Waals surface area contributed by atoms with E-state index in [1.165, 1.54) is 0 Å². The fraction of sp³-hybridized carbons (Fsp3) is 0.867. The van der Waals surface area contributed by atoms with Crippen LogP contribution in [0.2, 0.25) is 0 Å². The van der Waals surface area contributed by atoms with Gasteiger partial charge in [-0.2, -0.15) is 0 Å². The number of carboxylic acids is 1. The first-order valence-electron chi connectivity index (χ1n) is 7.63. The number of nitrogens with one attached hydrogen (secondary N) is 1. The molecule has 1 aliphatic carbocycles. The van der Waals surface area contributed by atoms with Crippen molar-refractivity contribution in [1.82, 2.24) is 5.32 Å². The van der Waals surface area contributed by atoms with Crippen molar-refractivity contribution in [3.63, 3.8) is 0 Å². The fourth-order valence-corrected chi connectivity index (χ4v) is 3.19. The summed E-state index contributed by atoms with van der Waals surface area (Å²) in [4.78, 5) is 23.0. The molecule has 0 aromatic carbocycles. The predicted octanol–water partition coefficient (Wildman–Crippen LogP) is 1.61. The molecular formula is C15H28N2O3. The van der Waals surface area contributed by atoms with Gasteiger partial charge in [0.05, 0.1) is 0 Å². The molecule has 1 fully saturated rings. The van der Waals surface area contributed by atoms with Crippen LogP contribution in [-0.4, -0.2) is 30.1 Å². The number of carbonyl (C=O) groups is 2. The van der Waals surface area contributed by atoms with Gasteiger partial charge in [0.15, 0.2) is 0 Å². The lowest BCUT2D eigenvalue weighted by Crippen LogP contribution is -2.38. The van der Waals surface area contributed by atoms with Gasteiger partial charge < -0.3 is 16.2 Å². The number of amides is 1. The van der Waals surface area contributed by atoms with Crippen molar-refractivity contribution in [2.75, 3.05) is 13.1 Å². The molecule has 5 nitrogen and oxygen atoms in total. The second-order valence-electron chi connectivity index (χ2n) is 6.37. The summed E-state index contributed by atoms with van der Waals surface area (Å²) in [6, 6.07) is 0. The van der Waals surface area contributed by atoms with E-state index in [2.05, 4.69) is 19.2 Å². The largest absolute Gasteiger partial charge is 0.481 e. The summed E-state index contributed by atoms with van der Waals surface area (Å²) in [7, 11) is 0. The Balaban J connectivity index is 2.45. The van der Waals surface area contributed by atoms with Crippen LogP contribution in [-0.2, 0) is 9.59 Å². The van der Waals surface area contributed by atoms with Gasteiger partial charge in [-0.05, 0) is 43.6 Å². The molecule has 0 aromatic rings. The molecule has 4 N–H and O–H groups in total. The van der Waals surface area contributed by atoms with Crippen LogP contribution < -0.4 is 11.1 Å². The van der Waals surface area contributed by atoms with Crippen molar-refractivity contribution < 1.29 is 14.7 Å². The van der Waals surface area contributed by atoms with Crippen molar-refractivity contribution in [2.24, 2.45) is 29.4 Å². The Kier molecular flexibility index (Phi) is 6.99. The molecule has 3 atom stereocenters. The Morgan fingerprint density at radius 3 is 2.60 bits per heavy atom. The smallest absolute Gasteiger partial charge is 0.303 e. The van der Waals surface area contributed by atoms with Crippen molar-refractivity contribution in [2.45, 2.75) is 46.0 Å². The standard InChI is InChI=1S/C15H28N2O3/c1-10(2)6-11(7-14(18)19)9-17-15(20)13-5-3-4-12(13)8-16/h10-13H,3-9,16H2,1-2H3,(H,17,20)(H,18,19)/t11-,12?,13?/m0/s1. The number of rotatable bonds is 8. The van der Waals surface area contributed by atoms with E-state index < -0.39 is 5.97 Å². The van der Waals surface area contributed by atoms with Crippen molar-refractivity contribution in [3.05, 3.63) is 0 Å². The minimum atomic E-state index is -0.800. The predicted molar refractivity (Wildman–Crippen MR) is 78.1 cm³/mol. The van der Waals surface area contributed by atoms with Crippen LogP contribution in [0.4, 0.5) is 0 Å². The molecule has 1 rings (SSSR count). The molecule has 1 amide bonds. The molecular weight excluding hydrogens is 256 g/mol. The summed E-state index contributed by atoms with van der Waals surface area (Å²) in [5.74, 6) is -0.000974. The first-order chi connectivity index (χ1) is 9.43. The normalized spacial score (nSPS) is 23.8. The van der Waals surface area contributed by atoms with Gasteiger partial charge in [0.1, 0.15) is 0 Å². The van der Waals surface area contributed by atoms with E-state index in [9.17, 15) is 9.59 Å². The molecule has 5 heteroatoms. The second-order valence-corrected chi connectivity index (χ2v) is 6.37. The molecule has 0 radical (unpaired) electrons. The van der Waals surface area contributed by atoms with Crippen LogP contribution in [0, 0.1) is 23.7 Å². The molecule has 1 saturated carbocycles. The molecule has 1 aliphatic rings. The molecule has 0 saturated heterocycles. The molecule has 0 heterocycles. The number of hydrogen-bond acceptors (Lipinski definition) is 3. The highest BCUT2D eigenvalue weighted by Gasteiger charge is 2.32. The average molecular weight is 284 g/mol. The summed E-state index contributed by atoms with van der Waals surface area (Å²) in [5, 5.41) is 11.9. The number of carbonyl (C=O) groups excluding carboxylic acids is 1. The van der Waals surface area contributed by atoms with E-state index in [0.717, 1.165) is 25.7 Å². The third-order valence-corrected chi connectivity index (χ3v) is 4.13. The molecule has 2 unspecified atom stereocenters. The van der Waals surface area contributed by atoms with E-state index in [1.54, 1.807) is 0 Å². The number of hydrogen-bond donors (Lipinski definition) is 3. The second kappa shape index (κ2) is 8.25. The van der Waals surface area contributed by atoms with Gasteiger partial charge in [-0.25, -0.2) is 0 Å². The summed E-state index contributed by atoms with van der Waals surface area (Å²) < 4.78 is 0. The zero-order valence-electron chi connectivity index (χ0n) is 12.6. The van der Waals surface area contributed by atoms with Gasteiger partial charge in [-0.15, -0.1) is 0 Å². The van der Waals surface area contributed by atoms with E-state index in [-0.39, 0.29) is 30.1 Å². The topological polar surface area (TPSA) is 92.4 Å². The van der Waals surface area contributed by atoms with Crippen LogP contribution in [0.5, 0.6) is 0 Å². The molecule has 116 valence electrons. The number of nitrogens with two attached hydrogens (primary N) is 1. The molecule has 0 bridgehead atoms. The average Bonchev–Trinajstić information content (AvgIpc) is 2.82. The SMILES string of the molecule is CC(C)C[C@H](CNC(=O)C1CCCC1CN)CC(=O)O. The van der Waals surface area contributed by atoms with Crippen LogP contribution >= 0.6 is 0 Å². The van der Waals surface area contributed by atoms with Gasteiger partial charge in [-0.3, -0.25) is 9.59 Å². The van der Waals surface area contributed by atoms with Crippen molar-refractivity contribution in [3.8, 4) is 0 Å². The van der Waals surface area contributed by atoms with Crippen molar-refractivity contribution >= 4 is 11.9 Å². The van der Waals surface area contributed by atoms with Crippen LogP contribution in [0.15, 0.2) is 0 Å². The Hall–Kier alpha value is -1.10. The summed E-state index contributed by atoms with van der Waals surface area (Å²) in [6.45, 7) is 5.15. The monoisotopic (exact) mass is 284 g/mol. The molecule has 20 heavy (non-hydrogen) atoms. The van der Waals surface area contributed by atoms with Crippen LogP contribution in [0.1, 0.15) is 46.0 Å². The van der Waals surface area contributed by atoms with E-state index in [1.807, 2.05) is 0 Å². The van der Waals surface area contributed by atoms with E-state index in [4.69, 9.17) is 10.8 Å². The molecule has 0 spiro atoms. The fourth-order valence-electron chi connectivity index (χ4n) is 3.19. The summed E-state index contributed by atoms with van der Waals surface area (Å²) >= 11 is 0. The maximum atomic E-state index is 12.2. The maximum Gasteiger partial charge on any atom is 0.303 e. The highest BCUT2D eigenvalue weighted by Crippen LogP contribution is 2.31. The highest BCUT2D eigenvalue weighted by molar-refractivity contribution is 5.79. The molecule has 0 aliphatic heterocycles. The van der Waals surface area contributed by atoms with Crippen LogP contribution in [0.25, 0.3) is 0 Å². The lowest BCUT2D eigenvalue weighted by atomic mass is 9.92. The van der Waals surface area contributed by atoms with Gasteiger partial charge in [0.25, 0.3) is 0 Å². The quantitative estimate of drug-likeness (QED) is 0.631. The van der Waals surface area contributed by atoms with Gasteiger partial charge in [0, 0.05) is 18.9 Å². The highest BCUT2D eigenvalue weighted by atomic mass is 16.4. The Morgan fingerprint density at radius 2 is 2.05 bits per heavy atom. The summed E-state index contributed by atoms with van der Waals surface area (Å²) in [6.07, 6.45) is 3.92. The molecule has 0 aromatic heterocycles. The first kappa shape index (κ1) is 17.0. The zero-order valence-corrected chi connectivity index (χ0v) is 12.6. The lowest BCUT2D eigenvalue weighted by molar-refractivity contribution is -0.138. The Morgan fingerprint density at radius 1 is 1.35 bits per heavy atom. The first-order valence-corrected chi connectivity index (χ1v) is 7.63. The summed E-state index contributed by atoms with van der Waals surface area (Å²) in [5.41, 5.74) is 5.69. The van der Waals surface area contributed by atoms with Crippen molar-refractivity contribution in [1.29, 1.82) is 0 Å². The minimum Gasteiger partial charge on any atom is -0.481 e. The minimum absolute atomic E-state index is 0.00850. The van der Waals surface area contributed by atoms with E-state index >= 15 is 0 Å². The van der Waals surface area contributed by atoms with Gasteiger partial charge in [0.2, 0.25) is 5.91 Å². The van der Waals surface area contributed by atoms with Crippen LogP contribution in [0.3, 0.4) is 0 Å². The Bertz CT molecular complexity index is 331. The Labute approximate surface area is 121 Å².